The molecule has 250 valence electrons. The van der Waals surface area contributed by atoms with Crippen LogP contribution in [0.1, 0.15) is 72.9 Å². The van der Waals surface area contributed by atoms with Crippen LogP contribution in [0, 0.1) is 11.8 Å². The molecule has 2 aromatic carbocycles. The fourth-order valence-electron chi connectivity index (χ4n) is 6.76. The molecule has 0 saturated heterocycles. The molecule has 5 rings (SSSR count). The Bertz CT molecular complexity index is 1540. The van der Waals surface area contributed by atoms with Crippen LogP contribution in [0.5, 0.6) is 5.75 Å². The molecule has 46 heavy (non-hydrogen) atoms. The largest absolute Gasteiger partial charge is 0.487 e. The predicted molar refractivity (Wildman–Crippen MR) is 181 cm³/mol. The fraction of sp³-hybridized carbons (Fsp3) is 0.543. The Morgan fingerprint density at radius 3 is 2.67 bits per heavy atom. The third kappa shape index (κ3) is 8.25. The standard InChI is InChI=1S/C35H46ClN3O6S/c1-38(2)34(40)18-15-29-9-4-5-10-32(44-3)30-16-12-26(30)22-39-19-7-6-8-24-20-28(36)14-11-27(24)23-45-33-17-13-25(21-31(33)39)35(41)37-46(29,42)43/h5,10-11,13-14,17,20-21,26,29-30,32H,4,6-9,12,15-16,18-19,22-23H2,1-3H3,(H,37,41)/b10-5+/t26-,29?,30+,32-/m0/s1. The molecule has 0 radical (unpaired) electrons. The highest BCUT2D eigenvalue weighted by Crippen LogP contribution is 2.41. The van der Waals surface area contributed by atoms with Crippen molar-refractivity contribution in [2.45, 2.75) is 75.7 Å². The number of nitrogens with one attached hydrogen (secondary N) is 1. The number of sulfonamides is 1. The Balaban J connectivity index is 1.51. The third-order valence-corrected chi connectivity index (χ3v) is 11.8. The average molecular weight is 672 g/mol. The lowest BCUT2D eigenvalue weighted by Gasteiger charge is -2.43. The van der Waals surface area contributed by atoms with Crippen molar-refractivity contribution in [3.63, 3.8) is 0 Å². The Labute approximate surface area is 278 Å². The van der Waals surface area contributed by atoms with E-state index in [1.54, 1.807) is 39.4 Å². The zero-order valence-electron chi connectivity index (χ0n) is 27.0. The summed E-state index contributed by atoms with van der Waals surface area (Å²) in [6.07, 6.45) is 9.82. The minimum Gasteiger partial charge on any atom is -0.487 e. The van der Waals surface area contributed by atoms with Gasteiger partial charge in [0.1, 0.15) is 12.4 Å². The molecule has 2 heterocycles. The molecule has 2 amide bonds. The van der Waals surface area contributed by atoms with Gasteiger partial charge in [-0.15, -0.1) is 0 Å². The van der Waals surface area contributed by atoms with Crippen LogP contribution in [0.2, 0.25) is 5.02 Å². The molecule has 11 heteroatoms. The molecule has 1 saturated carbocycles. The zero-order valence-corrected chi connectivity index (χ0v) is 28.6. The van der Waals surface area contributed by atoms with Crippen molar-refractivity contribution in [2.75, 3.05) is 39.2 Å². The smallest absolute Gasteiger partial charge is 0.264 e. The first-order valence-corrected chi connectivity index (χ1v) is 18.2. The maximum absolute atomic E-state index is 13.6. The number of ether oxygens (including phenoxy) is 2. The minimum absolute atomic E-state index is 0.0708. The third-order valence-electron chi connectivity index (χ3n) is 9.70. The molecule has 1 unspecified atom stereocenters. The van der Waals surface area contributed by atoms with Crippen LogP contribution in [0.15, 0.2) is 48.6 Å². The molecule has 9 nitrogen and oxygen atoms in total. The monoisotopic (exact) mass is 671 g/mol. The summed E-state index contributed by atoms with van der Waals surface area (Å²) in [6, 6.07) is 11.0. The summed E-state index contributed by atoms with van der Waals surface area (Å²) < 4.78 is 41.9. The number of amides is 2. The number of rotatable bonds is 4. The van der Waals surface area contributed by atoms with Crippen LogP contribution in [0.3, 0.4) is 0 Å². The Morgan fingerprint density at radius 2 is 1.93 bits per heavy atom. The Kier molecular flexibility index (Phi) is 11.3. The zero-order chi connectivity index (χ0) is 32.8. The van der Waals surface area contributed by atoms with Crippen molar-refractivity contribution >= 4 is 39.1 Å². The quantitative estimate of drug-likeness (QED) is 0.413. The number of benzene rings is 2. The van der Waals surface area contributed by atoms with Gasteiger partial charge < -0.3 is 19.3 Å². The van der Waals surface area contributed by atoms with Crippen molar-refractivity contribution in [3.8, 4) is 5.75 Å². The van der Waals surface area contributed by atoms with Gasteiger partial charge in [-0.05, 0) is 105 Å². The molecule has 0 aromatic heterocycles. The van der Waals surface area contributed by atoms with E-state index in [2.05, 4.69) is 15.7 Å². The number of aryl methyl sites for hydroxylation is 1. The SMILES string of the molecule is CO[C@H]1/C=C/CCC(CCC(=O)N(C)C)S(=O)(=O)NC(=O)c2ccc3c(c2)N(CCCCc2cc(Cl)ccc2CO3)C[C@@H]2CC[C@H]21. The van der Waals surface area contributed by atoms with E-state index in [-0.39, 0.29) is 36.8 Å². The molecule has 1 aliphatic carbocycles. The van der Waals surface area contributed by atoms with Crippen molar-refractivity contribution in [1.29, 1.82) is 0 Å². The fourth-order valence-corrected chi connectivity index (χ4v) is 8.37. The van der Waals surface area contributed by atoms with E-state index in [1.165, 1.54) is 10.5 Å². The van der Waals surface area contributed by atoms with Gasteiger partial charge in [0, 0.05) is 51.3 Å². The molecule has 2 aliphatic heterocycles. The van der Waals surface area contributed by atoms with Gasteiger partial charge in [0.05, 0.1) is 17.0 Å². The van der Waals surface area contributed by atoms with Crippen LogP contribution in [0.25, 0.3) is 0 Å². The summed E-state index contributed by atoms with van der Waals surface area (Å²) in [6.45, 7) is 1.89. The first kappa shape index (κ1) is 34.3. The highest BCUT2D eigenvalue weighted by atomic mass is 35.5. The highest BCUT2D eigenvalue weighted by molar-refractivity contribution is 7.90. The van der Waals surface area contributed by atoms with E-state index in [9.17, 15) is 18.0 Å². The lowest BCUT2D eigenvalue weighted by Crippen LogP contribution is -2.44. The summed E-state index contributed by atoms with van der Waals surface area (Å²) >= 11 is 6.33. The maximum atomic E-state index is 13.6. The van der Waals surface area contributed by atoms with Crippen LogP contribution in [0.4, 0.5) is 5.69 Å². The van der Waals surface area contributed by atoms with E-state index in [0.29, 0.717) is 35.6 Å². The predicted octanol–water partition coefficient (Wildman–Crippen LogP) is 5.75. The van der Waals surface area contributed by atoms with E-state index in [4.69, 9.17) is 21.1 Å². The topological polar surface area (TPSA) is 105 Å². The van der Waals surface area contributed by atoms with Crippen LogP contribution >= 0.6 is 11.6 Å². The number of nitrogens with zero attached hydrogens (tertiary/aromatic N) is 2. The number of methoxy groups -OCH3 is 1. The van der Waals surface area contributed by atoms with Crippen LogP contribution in [-0.2, 0) is 32.6 Å². The summed E-state index contributed by atoms with van der Waals surface area (Å²) in [5, 5.41) is -0.210. The first-order valence-electron chi connectivity index (χ1n) is 16.3. The average Bonchev–Trinajstić information content (AvgIpc) is 3.04. The first-order chi connectivity index (χ1) is 22.1. The number of hydrogen-bond donors (Lipinski definition) is 1. The second-order valence-corrected chi connectivity index (χ2v) is 15.3. The molecule has 1 N–H and O–H groups in total. The Hall–Kier alpha value is -3.08. The van der Waals surface area contributed by atoms with Crippen LogP contribution in [-0.4, -0.2) is 70.8 Å². The number of allylic oxidation sites excluding steroid dienone is 1. The van der Waals surface area contributed by atoms with Gasteiger partial charge in [0.25, 0.3) is 5.91 Å². The van der Waals surface area contributed by atoms with Gasteiger partial charge in [-0.25, -0.2) is 13.1 Å². The summed E-state index contributed by atoms with van der Waals surface area (Å²) in [5.74, 6) is 0.507. The number of carbonyl (C=O) groups is 2. The highest BCUT2D eigenvalue weighted by Gasteiger charge is 2.38. The van der Waals surface area contributed by atoms with Gasteiger partial charge in [0.15, 0.2) is 0 Å². The van der Waals surface area contributed by atoms with E-state index in [1.807, 2.05) is 24.3 Å². The number of carbonyl (C=O) groups excluding carboxylic acids is 2. The molecule has 4 atom stereocenters. The molecule has 3 aliphatic rings. The molecule has 0 spiro atoms. The molecule has 1 fully saturated rings. The summed E-state index contributed by atoms with van der Waals surface area (Å²) in [4.78, 5) is 29.7. The van der Waals surface area contributed by atoms with Gasteiger partial charge in [0.2, 0.25) is 15.9 Å². The Morgan fingerprint density at radius 1 is 1.11 bits per heavy atom. The second kappa shape index (κ2) is 15.2. The lowest BCUT2D eigenvalue weighted by molar-refractivity contribution is -0.128. The van der Waals surface area contributed by atoms with E-state index >= 15 is 0 Å². The van der Waals surface area contributed by atoms with E-state index < -0.39 is 21.2 Å². The molecule has 2 bridgehead atoms. The number of hydrogen-bond acceptors (Lipinski definition) is 7. The van der Waals surface area contributed by atoms with Gasteiger partial charge in [-0.2, -0.15) is 0 Å². The normalized spacial score (nSPS) is 25.7. The summed E-state index contributed by atoms with van der Waals surface area (Å²) in [5.41, 5.74) is 3.26. The number of halogens is 1. The maximum Gasteiger partial charge on any atom is 0.264 e. The second-order valence-electron chi connectivity index (χ2n) is 12.9. The van der Waals surface area contributed by atoms with Gasteiger partial charge in [-0.3, -0.25) is 9.59 Å². The molecular weight excluding hydrogens is 626 g/mol. The van der Waals surface area contributed by atoms with Crippen LogP contribution < -0.4 is 14.4 Å². The summed E-state index contributed by atoms with van der Waals surface area (Å²) in [7, 11) is 0.928. The molecule has 2 aromatic rings. The molecular formula is C35H46ClN3O6S. The van der Waals surface area contributed by atoms with Crippen molar-refractivity contribution in [2.24, 2.45) is 11.8 Å². The lowest BCUT2D eigenvalue weighted by atomic mass is 9.70. The van der Waals surface area contributed by atoms with Gasteiger partial charge in [-0.1, -0.05) is 29.8 Å². The van der Waals surface area contributed by atoms with Crippen molar-refractivity contribution in [3.05, 3.63) is 70.3 Å². The van der Waals surface area contributed by atoms with Crippen molar-refractivity contribution in [1.82, 2.24) is 9.62 Å². The number of anilines is 1. The van der Waals surface area contributed by atoms with Gasteiger partial charge >= 0.3 is 0 Å². The van der Waals surface area contributed by atoms with E-state index in [0.717, 1.165) is 56.4 Å². The number of fused-ring (bicyclic) bond motifs is 3. The van der Waals surface area contributed by atoms with Crippen molar-refractivity contribution < 1.29 is 27.5 Å². The minimum atomic E-state index is -4.09.